The normalized spacial score (nSPS) is 10.2. The number of pyridine rings is 1. The number of nitrogens with one attached hydrogen (secondary N) is 1. The maximum atomic E-state index is 13.0. The minimum absolute atomic E-state index is 0.0693. The first kappa shape index (κ1) is 12.4. The van der Waals surface area contributed by atoms with Crippen molar-refractivity contribution in [1.82, 2.24) is 10.3 Å². The lowest BCUT2D eigenvalue weighted by Crippen LogP contribution is -2.31. The zero-order chi connectivity index (χ0) is 12.0. The smallest absolute Gasteiger partial charge is 0.255 e. The lowest BCUT2D eigenvalue weighted by atomic mass is 10.3. The van der Waals surface area contributed by atoms with Gasteiger partial charge in [0.15, 0.2) is 5.75 Å². The zero-order valence-electron chi connectivity index (χ0n) is 9.37. The molecule has 16 heavy (non-hydrogen) atoms. The standard InChI is InChI=1S/C11H15FN2O2/c1-8(2)14-10(15)5-7-16-9-4-3-6-13-11(9)12/h3-4,6,8H,5,7H2,1-2H3,(H,14,15). The summed E-state index contributed by atoms with van der Waals surface area (Å²) in [6.07, 6.45) is 1.54. The van der Waals surface area contributed by atoms with Gasteiger partial charge in [-0.1, -0.05) is 0 Å². The van der Waals surface area contributed by atoms with Gasteiger partial charge in [-0.15, -0.1) is 0 Å². The highest BCUT2D eigenvalue weighted by Crippen LogP contribution is 2.12. The van der Waals surface area contributed by atoms with Gasteiger partial charge < -0.3 is 10.1 Å². The third-order valence-corrected chi connectivity index (χ3v) is 1.76. The Morgan fingerprint density at radius 2 is 2.38 bits per heavy atom. The average molecular weight is 226 g/mol. The summed E-state index contributed by atoms with van der Waals surface area (Å²) in [4.78, 5) is 14.7. The van der Waals surface area contributed by atoms with Gasteiger partial charge in [0.1, 0.15) is 0 Å². The van der Waals surface area contributed by atoms with Crippen molar-refractivity contribution in [3.8, 4) is 5.75 Å². The van der Waals surface area contributed by atoms with Crippen LogP contribution in [0.1, 0.15) is 20.3 Å². The second kappa shape index (κ2) is 6.05. The first-order valence-electron chi connectivity index (χ1n) is 5.12. The number of aromatic nitrogens is 1. The fourth-order valence-corrected chi connectivity index (χ4v) is 1.13. The third kappa shape index (κ3) is 4.25. The van der Waals surface area contributed by atoms with Crippen molar-refractivity contribution in [1.29, 1.82) is 0 Å². The molecule has 88 valence electrons. The van der Waals surface area contributed by atoms with Gasteiger partial charge in [-0.3, -0.25) is 4.79 Å². The van der Waals surface area contributed by atoms with E-state index in [0.717, 1.165) is 0 Å². The summed E-state index contributed by atoms with van der Waals surface area (Å²) in [6.45, 7) is 3.89. The fraction of sp³-hybridized carbons (Fsp3) is 0.455. The predicted octanol–water partition coefficient (Wildman–Crippen LogP) is 1.51. The number of hydrogen-bond acceptors (Lipinski definition) is 3. The summed E-state index contributed by atoms with van der Waals surface area (Å²) >= 11 is 0. The molecular formula is C11H15FN2O2. The van der Waals surface area contributed by atoms with Crippen molar-refractivity contribution >= 4 is 5.91 Å². The molecule has 1 aromatic rings. The van der Waals surface area contributed by atoms with Crippen molar-refractivity contribution < 1.29 is 13.9 Å². The van der Waals surface area contributed by atoms with E-state index in [9.17, 15) is 9.18 Å². The summed E-state index contributed by atoms with van der Waals surface area (Å²) in [5.74, 6) is -0.703. The quantitative estimate of drug-likeness (QED) is 0.774. The Labute approximate surface area is 93.8 Å². The minimum Gasteiger partial charge on any atom is -0.488 e. The van der Waals surface area contributed by atoms with Crippen LogP contribution in [0.2, 0.25) is 0 Å². The van der Waals surface area contributed by atoms with Gasteiger partial charge in [-0.05, 0) is 26.0 Å². The number of hydrogen-bond donors (Lipinski definition) is 1. The van der Waals surface area contributed by atoms with Crippen molar-refractivity contribution in [2.24, 2.45) is 0 Å². The number of amides is 1. The maximum Gasteiger partial charge on any atom is 0.255 e. The van der Waals surface area contributed by atoms with E-state index in [1.54, 1.807) is 6.07 Å². The number of ether oxygens (including phenoxy) is 1. The minimum atomic E-state index is -0.660. The summed E-state index contributed by atoms with van der Waals surface area (Å²) in [7, 11) is 0. The van der Waals surface area contributed by atoms with Gasteiger partial charge in [0.05, 0.1) is 13.0 Å². The number of carbonyl (C=O) groups excluding carboxylic acids is 1. The maximum absolute atomic E-state index is 13.0. The molecule has 0 bridgehead atoms. The zero-order valence-corrected chi connectivity index (χ0v) is 9.37. The van der Waals surface area contributed by atoms with Crippen molar-refractivity contribution in [3.05, 3.63) is 24.3 Å². The highest BCUT2D eigenvalue weighted by atomic mass is 19.1. The Hall–Kier alpha value is -1.65. The van der Waals surface area contributed by atoms with Gasteiger partial charge in [-0.25, -0.2) is 4.98 Å². The van der Waals surface area contributed by atoms with Crippen LogP contribution in [0.25, 0.3) is 0 Å². The Morgan fingerprint density at radius 3 is 3.00 bits per heavy atom. The largest absolute Gasteiger partial charge is 0.488 e. The predicted molar refractivity (Wildman–Crippen MR) is 57.6 cm³/mol. The molecule has 0 spiro atoms. The van der Waals surface area contributed by atoms with Crippen LogP contribution in [0.4, 0.5) is 4.39 Å². The molecule has 0 saturated heterocycles. The number of rotatable bonds is 5. The van der Waals surface area contributed by atoms with E-state index < -0.39 is 5.95 Å². The van der Waals surface area contributed by atoms with Crippen LogP contribution >= 0.6 is 0 Å². The van der Waals surface area contributed by atoms with Crippen molar-refractivity contribution in [2.45, 2.75) is 26.3 Å². The molecule has 1 rings (SSSR count). The summed E-state index contributed by atoms with van der Waals surface area (Å²) in [5, 5.41) is 2.72. The van der Waals surface area contributed by atoms with E-state index in [4.69, 9.17) is 4.74 Å². The molecule has 0 radical (unpaired) electrons. The number of nitrogens with zero attached hydrogens (tertiary/aromatic N) is 1. The molecule has 4 nitrogen and oxygen atoms in total. The number of halogens is 1. The van der Waals surface area contributed by atoms with Crippen LogP contribution in [0, 0.1) is 5.95 Å². The van der Waals surface area contributed by atoms with Crippen LogP contribution in [-0.4, -0.2) is 23.5 Å². The van der Waals surface area contributed by atoms with Gasteiger partial charge in [0, 0.05) is 12.2 Å². The van der Waals surface area contributed by atoms with Crippen molar-refractivity contribution in [3.63, 3.8) is 0 Å². The molecule has 0 aromatic carbocycles. The Kier molecular flexibility index (Phi) is 4.69. The van der Waals surface area contributed by atoms with E-state index in [0.29, 0.717) is 0 Å². The van der Waals surface area contributed by atoms with Crippen LogP contribution in [0.5, 0.6) is 5.75 Å². The molecule has 0 aliphatic carbocycles. The molecule has 0 fully saturated rings. The van der Waals surface area contributed by atoms with Crippen LogP contribution in [0.15, 0.2) is 18.3 Å². The van der Waals surface area contributed by atoms with E-state index in [1.165, 1.54) is 12.3 Å². The van der Waals surface area contributed by atoms with E-state index in [2.05, 4.69) is 10.3 Å². The SMILES string of the molecule is CC(C)NC(=O)CCOc1cccnc1F. The highest BCUT2D eigenvalue weighted by Gasteiger charge is 2.06. The third-order valence-electron chi connectivity index (χ3n) is 1.76. The molecule has 5 heteroatoms. The Morgan fingerprint density at radius 1 is 1.62 bits per heavy atom. The molecule has 0 atom stereocenters. The molecule has 1 N–H and O–H groups in total. The van der Waals surface area contributed by atoms with E-state index in [-0.39, 0.29) is 30.7 Å². The molecule has 1 aromatic heterocycles. The van der Waals surface area contributed by atoms with Crippen LogP contribution < -0.4 is 10.1 Å². The van der Waals surface area contributed by atoms with Crippen molar-refractivity contribution in [2.75, 3.05) is 6.61 Å². The van der Waals surface area contributed by atoms with Gasteiger partial charge in [0.2, 0.25) is 5.91 Å². The first-order chi connectivity index (χ1) is 7.59. The van der Waals surface area contributed by atoms with E-state index >= 15 is 0 Å². The monoisotopic (exact) mass is 226 g/mol. The van der Waals surface area contributed by atoms with Gasteiger partial charge in [0.25, 0.3) is 5.95 Å². The molecule has 0 aliphatic rings. The number of carbonyl (C=O) groups is 1. The summed E-state index contributed by atoms with van der Waals surface area (Å²) in [6, 6.07) is 3.15. The molecule has 0 aliphatic heterocycles. The van der Waals surface area contributed by atoms with Crippen LogP contribution in [-0.2, 0) is 4.79 Å². The summed E-state index contributed by atoms with van der Waals surface area (Å²) < 4.78 is 18.1. The highest BCUT2D eigenvalue weighted by molar-refractivity contribution is 5.76. The molecule has 0 saturated carbocycles. The fourth-order valence-electron chi connectivity index (χ4n) is 1.13. The van der Waals surface area contributed by atoms with Gasteiger partial charge in [-0.2, -0.15) is 4.39 Å². The van der Waals surface area contributed by atoms with Crippen LogP contribution in [0.3, 0.4) is 0 Å². The van der Waals surface area contributed by atoms with E-state index in [1.807, 2.05) is 13.8 Å². The average Bonchev–Trinajstić information content (AvgIpc) is 2.19. The summed E-state index contributed by atoms with van der Waals surface area (Å²) in [5.41, 5.74) is 0. The lowest BCUT2D eigenvalue weighted by molar-refractivity contribution is -0.122. The first-order valence-corrected chi connectivity index (χ1v) is 5.12. The molecule has 1 amide bonds. The topological polar surface area (TPSA) is 51.2 Å². The molecule has 0 unspecified atom stereocenters. The molecular weight excluding hydrogens is 211 g/mol. The molecule has 1 heterocycles. The lowest BCUT2D eigenvalue weighted by Gasteiger charge is -2.09. The second-order valence-electron chi connectivity index (χ2n) is 3.61. The second-order valence-corrected chi connectivity index (χ2v) is 3.61. The van der Waals surface area contributed by atoms with Gasteiger partial charge >= 0.3 is 0 Å². The Bertz CT molecular complexity index is 356. The Balaban J connectivity index is 2.31.